The number of halogens is 1. The normalized spacial score (nSPS) is 22.2. The number of carbonyl (C=O) groups is 2. The fourth-order valence-corrected chi connectivity index (χ4v) is 2.52. The molecule has 102 valence electrons. The largest absolute Gasteiger partial charge is 0.478 e. The van der Waals surface area contributed by atoms with Crippen LogP contribution in [0.4, 0.5) is 5.69 Å². The third-order valence-corrected chi connectivity index (χ3v) is 3.72. The van der Waals surface area contributed by atoms with Crippen LogP contribution in [0.1, 0.15) is 23.7 Å². The van der Waals surface area contributed by atoms with Crippen molar-refractivity contribution < 1.29 is 19.4 Å². The Balaban J connectivity index is 2.19. The van der Waals surface area contributed by atoms with Gasteiger partial charge in [-0.3, -0.25) is 4.79 Å². The van der Waals surface area contributed by atoms with Crippen LogP contribution in [-0.4, -0.2) is 29.7 Å². The van der Waals surface area contributed by atoms with Gasteiger partial charge in [-0.2, -0.15) is 0 Å². The number of rotatable bonds is 3. The molecule has 2 unspecified atom stereocenters. The number of ether oxygens (including phenoxy) is 1. The molecule has 1 fully saturated rings. The standard InChI is InChI=1S/C13H14BrNO4/c1-7-5-8(6-19-7)12(16)15-11-9(13(17)18)3-2-4-10(11)14/h2-4,7-8H,5-6H2,1H3,(H,15,16)(H,17,18). The van der Waals surface area contributed by atoms with E-state index in [0.29, 0.717) is 23.2 Å². The lowest BCUT2D eigenvalue weighted by Crippen LogP contribution is -2.24. The number of para-hydroxylation sites is 1. The molecule has 1 amide bonds. The minimum absolute atomic E-state index is 0.0638. The molecule has 2 N–H and O–H groups in total. The lowest BCUT2D eigenvalue weighted by Gasteiger charge is -2.13. The number of hydrogen-bond donors (Lipinski definition) is 2. The lowest BCUT2D eigenvalue weighted by atomic mass is 10.0. The number of nitrogens with one attached hydrogen (secondary N) is 1. The van der Waals surface area contributed by atoms with Crippen molar-refractivity contribution in [1.29, 1.82) is 0 Å². The quantitative estimate of drug-likeness (QED) is 0.894. The first-order chi connectivity index (χ1) is 8.99. The second kappa shape index (κ2) is 5.71. The van der Waals surface area contributed by atoms with E-state index in [4.69, 9.17) is 9.84 Å². The highest BCUT2D eigenvalue weighted by molar-refractivity contribution is 9.10. The average molecular weight is 328 g/mol. The van der Waals surface area contributed by atoms with Crippen LogP contribution in [0.25, 0.3) is 0 Å². The van der Waals surface area contributed by atoms with Crippen LogP contribution < -0.4 is 5.32 Å². The monoisotopic (exact) mass is 327 g/mol. The second-order valence-corrected chi connectivity index (χ2v) is 5.39. The van der Waals surface area contributed by atoms with Crippen molar-refractivity contribution in [2.24, 2.45) is 5.92 Å². The number of amides is 1. The average Bonchev–Trinajstić information content (AvgIpc) is 2.78. The number of hydrogen-bond acceptors (Lipinski definition) is 3. The fraction of sp³-hybridized carbons (Fsp3) is 0.385. The molecule has 0 radical (unpaired) electrons. The number of anilines is 1. The zero-order chi connectivity index (χ0) is 14.0. The van der Waals surface area contributed by atoms with Crippen LogP contribution in [0.3, 0.4) is 0 Å². The molecule has 0 bridgehead atoms. The first-order valence-electron chi connectivity index (χ1n) is 5.93. The first kappa shape index (κ1) is 14.0. The maximum absolute atomic E-state index is 12.1. The Morgan fingerprint density at radius 2 is 2.21 bits per heavy atom. The van der Waals surface area contributed by atoms with Crippen LogP contribution in [0.15, 0.2) is 22.7 Å². The SMILES string of the molecule is CC1CC(C(=O)Nc2c(Br)cccc2C(=O)O)CO1. The molecular weight excluding hydrogens is 314 g/mol. The van der Waals surface area contributed by atoms with E-state index >= 15 is 0 Å². The van der Waals surface area contributed by atoms with Crippen molar-refractivity contribution in [3.8, 4) is 0 Å². The van der Waals surface area contributed by atoms with Gasteiger partial charge < -0.3 is 15.2 Å². The van der Waals surface area contributed by atoms with Crippen LogP contribution in [0.2, 0.25) is 0 Å². The van der Waals surface area contributed by atoms with Crippen molar-refractivity contribution in [2.45, 2.75) is 19.4 Å². The molecule has 1 aliphatic rings. The van der Waals surface area contributed by atoms with Crippen LogP contribution >= 0.6 is 15.9 Å². The molecule has 0 spiro atoms. The Morgan fingerprint density at radius 1 is 1.47 bits per heavy atom. The van der Waals surface area contributed by atoms with Gasteiger partial charge in [-0.05, 0) is 41.4 Å². The zero-order valence-electron chi connectivity index (χ0n) is 10.4. The van der Waals surface area contributed by atoms with Crippen LogP contribution in [0.5, 0.6) is 0 Å². The van der Waals surface area contributed by atoms with E-state index < -0.39 is 5.97 Å². The number of benzene rings is 1. The Hall–Kier alpha value is -1.40. The van der Waals surface area contributed by atoms with E-state index in [2.05, 4.69) is 21.2 Å². The van der Waals surface area contributed by atoms with Crippen LogP contribution in [0, 0.1) is 5.92 Å². The maximum Gasteiger partial charge on any atom is 0.337 e. The van der Waals surface area contributed by atoms with Gasteiger partial charge in [0, 0.05) is 4.47 Å². The van der Waals surface area contributed by atoms with E-state index in [1.54, 1.807) is 12.1 Å². The highest BCUT2D eigenvalue weighted by atomic mass is 79.9. The van der Waals surface area contributed by atoms with Gasteiger partial charge in [-0.1, -0.05) is 6.07 Å². The Morgan fingerprint density at radius 3 is 2.79 bits per heavy atom. The van der Waals surface area contributed by atoms with Crippen LogP contribution in [-0.2, 0) is 9.53 Å². The molecular formula is C13H14BrNO4. The van der Waals surface area contributed by atoms with Crippen molar-refractivity contribution >= 4 is 33.5 Å². The number of carbonyl (C=O) groups excluding carboxylic acids is 1. The predicted molar refractivity (Wildman–Crippen MR) is 73.3 cm³/mol. The number of carboxylic acid groups (broad SMARTS) is 1. The Labute approximate surface area is 119 Å². The molecule has 2 atom stereocenters. The summed E-state index contributed by atoms with van der Waals surface area (Å²) in [6, 6.07) is 4.76. The molecule has 1 aromatic carbocycles. The molecule has 0 aliphatic carbocycles. The molecule has 1 heterocycles. The molecule has 1 aromatic rings. The third-order valence-electron chi connectivity index (χ3n) is 3.06. The summed E-state index contributed by atoms with van der Waals surface area (Å²) in [7, 11) is 0. The van der Waals surface area contributed by atoms with Gasteiger partial charge in [0.15, 0.2) is 0 Å². The molecule has 0 saturated carbocycles. The molecule has 0 aromatic heterocycles. The van der Waals surface area contributed by atoms with E-state index in [1.807, 2.05) is 6.92 Å². The minimum atomic E-state index is -1.08. The Kier molecular flexibility index (Phi) is 4.21. The van der Waals surface area contributed by atoms with E-state index in [0.717, 1.165) is 0 Å². The molecule has 2 rings (SSSR count). The maximum atomic E-state index is 12.1. The molecule has 19 heavy (non-hydrogen) atoms. The highest BCUT2D eigenvalue weighted by Gasteiger charge is 2.29. The first-order valence-corrected chi connectivity index (χ1v) is 6.72. The summed E-state index contributed by atoms with van der Waals surface area (Å²) in [5.74, 6) is -1.52. The van der Waals surface area contributed by atoms with Crippen molar-refractivity contribution in [2.75, 3.05) is 11.9 Å². The zero-order valence-corrected chi connectivity index (χ0v) is 11.9. The summed E-state index contributed by atoms with van der Waals surface area (Å²) in [5.41, 5.74) is 0.356. The van der Waals surface area contributed by atoms with Gasteiger partial charge in [-0.15, -0.1) is 0 Å². The van der Waals surface area contributed by atoms with Gasteiger partial charge in [-0.25, -0.2) is 4.79 Å². The van der Waals surface area contributed by atoms with Gasteiger partial charge in [0.25, 0.3) is 0 Å². The highest BCUT2D eigenvalue weighted by Crippen LogP contribution is 2.28. The Bertz CT molecular complexity index is 517. The summed E-state index contributed by atoms with van der Waals surface area (Å²) in [6.07, 6.45) is 0.715. The topological polar surface area (TPSA) is 75.6 Å². The van der Waals surface area contributed by atoms with Crippen molar-refractivity contribution in [3.05, 3.63) is 28.2 Å². The third kappa shape index (κ3) is 3.13. The van der Waals surface area contributed by atoms with E-state index in [-0.39, 0.29) is 23.5 Å². The van der Waals surface area contributed by atoms with Gasteiger partial charge in [0.1, 0.15) is 0 Å². The predicted octanol–water partition coefficient (Wildman–Crippen LogP) is 2.51. The van der Waals surface area contributed by atoms with Gasteiger partial charge in [0.2, 0.25) is 5.91 Å². The molecule has 1 aliphatic heterocycles. The molecule has 6 heteroatoms. The number of carboxylic acids is 1. The molecule has 5 nitrogen and oxygen atoms in total. The minimum Gasteiger partial charge on any atom is -0.478 e. The number of aromatic carboxylic acids is 1. The summed E-state index contributed by atoms with van der Waals surface area (Å²) in [6.45, 7) is 2.29. The summed E-state index contributed by atoms with van der Waals surface area (Å²) >= 11 is 3.26. The smallest absolute Gasteiger partial charge is 0.337 e. The van der Waals surface area contributed by atoms with Crippen molar-refractivity contribution in [3.63, 3.8) is 0 Å². The van der Waals surface area contributed by atoms with E-state index in [1.165, 1.54) is 6.07 Å². The second-order valence-electron chi connectivity index (χ2n) is 4.53. The molecule has 1 saturated heterocycles. The summed E-state index contributed by atoms with van der Waals surface area (Å²) < 4.78 is 5.89. The van der Waals surface area contributed by atoms with Crippen molar-refractivity contribution in [1.82, 2.24) is 0 Å². The van der Waals surface area contributed by atoms with Gasteiger partial charge in [0.05, 0.1) is 29.9 Å². The summed E-state index contributed by atoms with van der Waals surface area (Å²) in [4.78, 5) is 23.2. The lowest BCUT2D eigenvalue weighted by molar-refractivity contribution is -0.119. The fourth-order valence-electron chi connectivity index (χ4n) is 2.05. The van der Waals surface area contributed by atoms with Gasteiger partial charge >= 0.3 is 5.97 Å². The summed E-state index contributed by atoms with van der Waals surface area (Å²) in [5, 5.41) is 11.8. The van der Waals surface area contributed by atoms with E-state index in [9.17, 15) is 9.59 Å².